The number of hydrogen-bond donors (Lipinski definition) is 2. The van der Waals surface area contributed by atoms with Crippen molar-refractivity contribution in [2.75, 3.05) is 13.1 Å². The highest BCUT2D eigenvalue weighted by atomic mass is 16.2. The fourth-order valence-electron chi connectivity index (χ4n) is 2.52. The first-order chi connectivity index (χ1) is 8.65. The van der Waals surface area contributed by atoms with E-state index < -0.39 is 0 Å². The van der Waals surface area contributed by atoms with Gasteiger partial charge in [0.2, 0.25) is 5.91 Å². The van der Waals surface area contributed by atoms with Crippen molar-refractivity contribution in [3.63, 3.8) is 0 Å². The summed E-state index contributed by atoms with van der Waals surface area (Å²) in [6.07, 6.45) is 4.45. The lowest BCUT2D eigenvalue weighted by Crippen LogP contribution is -2.45. The molecule has 2 rings (SSSR count). The fraction of sp³-hybridized carbons (Fsp3) is 0.571. The molecule has 4 nitrogen and oxygen atoms in total. The highest BCUT2D eigenvalue weighted by Gasteiger charge is 2.43. The fourth-order valence-corrected chi connectivity index (χ4v) is 2.52. The lowest BCUT2D eigenvalue weighted by molar-refractivity contribution is -0.132. The van der Waals surface area contributed by atoms with E-state index in [4.69, 9.17) is 0 Å². The molecule has 2 heterocycles. The Labute approximate surface area is 108 Å². The zero-order valence-electron chi connectivity index (χ0n) is 11.1. The average Bonchev–Trinajstić information content (AvgIpc) is 2.88. The first-order valence-corrected chi connectivity index (χ1v) is 6.53. The van der Waals surface area contributed by atoms with Crippen molar-refractivity contribution in [2.45, 2.75) is 26.8 Å². The van der Waals surface area contributed by atoms with Gasteiger partial charge in [-0.25, -0.2) is 0 Å². The van der Waals surface area contributed by atoms with Crippen molar-refractivity contribution in [3.8, 4) is 0 Å². The third kappa shape index (κ3) is 2.53. The van der Waals surface area contributed by atoms with Crippen molar-refractivity contribution in [1.29, 1.82) is 0 Å². The van der Waals surface area contributed by atoms with Gasteiger partial charge >= 0.3 is 0 Å². The largest absolute Gasteiger partial charge is 0.351 e. The third-order valence-electron chi connectivity index (χ3n) is 3.92. The van der Waals surface area contributed by atoms with Crippen molar-refractivity contribution in [3.05, 3.63) is 30.1 Å². The normalized spacial score (nSPS) is 23.3. The summed E-state index contributed by atoms with van der Waals surface area (Å²) in [7, 11) is 0. The number of pyridine rings is 1. The van der Waals surface area contributed by atoms with Gasteiger partial charge in [0, 0.05) is 25.5 Å². The second kappa shape index (κ2) is 5.48. The van der Waals surface area contributed by atoms with Crippen LogP contribution in [0.25, 0.3) is 0 Å². The van der Waals surface area contributed by atoms with Gasteiger partial charge in [-0.1, -0.05) is 19.9 Å². The molecule has 1 unspecified atom stereocenters. The molecular formula is C14H21N3O. The molecule has 1 aliphatic heterocycles. The summed E-state index contributed by atoms with van der Waals surface area (Å²) in [5, 5.41) is 6.34. The average molecular weight is 247 g/mol. The summed E-state index contributed by atoms with van der Waals surface area (Å²) < 4.78 is 0. The second-order valence-corrected chi connectivity index (χ2v) is 5.28. The van der Waals surface area contributed by atoms with E-state index in [9.17, 15) is 4.79 Å². The summed E-state index contributed by atoms with van der Waals surface area (Å²) in [4.78, 5) is 16.5. The third-order valence-corrected chi connectivity index (χ3v) is 3.92. The number of aromatic nitrogens is 1. The number of amides is 1. The molecule has 2 N–H and O–H groups in total. The minimum absolute atomic E-state index is 0.159. The Hall–Kier alpha value is -1.42. The van der Waals surface area contributed by atoms with Gasteiger partial charge < -0.3 is 10.6 Å². The molecule has 1 fully saturated rings. The minimum atomic E-state index is -0.248. The maximum atomic E-state index is 12.4. The molecule has 0 saturated carbocycles. The van der Waals surface area contributed by atoms with Gasteiger partial charge in [-0.15, -0.1) is 0 Å². The molecule has 1 aromatic heterocycles. The predicted octanol–water partition coefficient (Wildman–Crippen LogP) is 1.33. The van der Waals surface area contributed by atoms with Crippen LogP contribution in [0.5, 0.6) is 0 Å². The first kappa shape index (κ1) is 13.0. The van der Waals surface area contributed by atoms with Crippen LogP contribution >= 0.6 is 0 Å². The van der Waals surface area contributed by atoms with Crippen molar-refractivity contribution in [1.82, 2.24) is 15.6 Å². The topological polar surface area (TPSA) is 54.0 Å². The van der Waals surface area contributed by atoms with Gasteiger partial charge in [0.05, 0.1) is 5.41 Å². The van der Waals surface area contributed by atoms with E-state index >= 15 is 0 Å². The van der Waals surface area contributed by atoms with E-state index in [0.717, 1.165) is 25.1 Å². The van der Waals surface area contributed by atoms with Crippen LogP contribution < -0.4 is 10.6 Å². The van der Waals surface area contributed by atoms with Gasteiger partial charge in [0.25, 0.3) is 0 Å². The highest BCUT2D eigenvalue weighted by molar-refractivity contribution is 5.83. The Kier molecular flexibility index (Phi) is 3.97. The number of hydrogen-bond acceptors (Lipinski definition) is 3. The maximum Gasteiger partial charge on any atom is 0.228 e. The molecule has 1 aliphatic rings. The molecule has 0 radical (unpaired) electrons. The molecule has 0 spiro atoms. The molecule has 0 aliphatic carbocycles. The quantitative estimate of drug-likeness (QED) is 0.844. The van der Waals surface area contributed by atoms with Crippen molar-refractivity contribution < 1.29 is 4.79 Å². The van der Waals surface area contributed by atoms with E-state index in [2.05, 4.69) is 29.5 Å². The summed E-state index contributed by atoms with van der Waals surface area (Å²) in [6.45, 7) is 6.51. The lowest BCUT2D eigenvalue weighted by Gasteiger charge is -2.31. The predicted molar refractivity (Wildman–Crippen MR) is 70.8 cm³/mol. The summed E-state index contributed by atoms with van der Waals surface area (Å²) in [6, 6.07) is 3.86. The van der Waals surface area contributed by atoms with Crippen LogP contribution in [0.1, 0.15) is 25.8 Å². The molecule has 1 saturated heterocycles. The number of rotatable bonds is 4. The van der Waals surface area contributed by atoms with Crippen LogP contribution in [0, 0.1) is 11.3 Å². The summed E-state index contributed by atoms with van der Waals surface area (Å²) in [5.74, 6) is 0.507. The summed E-state index contributed by atoms with van der Waals surface area (Å²) >= 11 is 0. The number of nitrogens with zero attached hydrogens (tertiary/aromatic N) is 1. The Bertz CT molecular complexity index is 397. The van der Waals surface area contributed by atoms with Crippen LogP contribution in [0.15, 0.2) is 24.5 Å². The summed E-state index contributed by atoms with van der Waals surface area (Å²) in [5.41, 5.74) is 0.790. The Morgan fingerprint density at radius 2 is 2.44 bits per heavy atom. The molecule has 18 heavy (non-hydrogen) atoms. The van der Waals surface area contributed by atoms with Gasteiger partial charge in [-0.3, -0.25) is 9.78 Å². The molecule has 4 heteroatoms. The standard InChI is InChI=1S/C14H21N3O/c1-11(2)14(5-7-16-10-14)13(18)17-9-12-4-3-6-15-8-12/h3-4,6,8,11,16H,5,7,9-10H2,1-2H3,(H,17,18). The van der Waals surface area contributed by atoms with E-state index in [1.165, 1.54) is 0 Å². The van der Waals surface area contributed by atoms with E-state index in [1.807, 2.05) is 12.1 Å². The monoisotopic (exact) mass is 247 g/mol. The molecule has 0 aromatic carbocycles. The van der Waals surface area contributed by atoms with Gasteiger partial charge in [0.15, 0.2) is 0 Å². The Morgan fingerprint density at radius 3 is 3.00 bits per heavy atom. The van der Waals surface area contributed by atoms with Crippen LogP contribution in [-0.4, -0.2) is 24.0 Å². The van der Waals surface area contributed by atoms with Crippen LogP contribution in [0.2, 0.25) is 0 Å². The van der Waals surface area contributed by atoms with Gasteiger partial charge in [-0.05, 0) is 30.5 Å². The van der Waals surface area contributed by atoms with Gasteiger partial charge in [-0.2, -0.15) is 0 Å². The smallest absolute Gasteiger partial charge is 0.228 e. The number of carbonyl (C=O) groups is 1. The Morgan fingerprint density at radius 1 is 1.61 bits per heavy atom. The molecule has 0 bridgehead atoms. The van der Waals surface area contributed by atoms with Crippen molar-refractivity contribution >= 4 is 5.91 Å². The molecule has 1 aromatic rings. The second-order valence-electron chi connectivity index (χ2n) is 5.28. The number of carbonyl (C=O) groups excluding carboxylic acids is 1. The first-order valence-electron chi connectivity index (χ1n) is 6.53. The molecular weight excluding hydrogens is 226 g/mol. The van der Waals surface area contributed by atoms with Crippen LogP contribution in [0.4, 0.5) is 0 Å². The van der Waals surface area contributed by atoms with E-state index in [1.54, 1.807) is 12.4 Å². The zero-order valence-corrected chi connectivity index (χ0v) is 11.1. The van der Waals surface area contributed by atoms with Crippen LogP contribution in [-0.2, 0) is 11.3 Å². The van der Waals surface area contributed by atoms with E-state index in [0.29, 0.717) is 12.5 Å². The minimum Gasteiger partial charge on any atom is -0.351 e. The molecule has 98 valence electrons. The SMILES string of the molecule is CC(C)C1(C(=O)NCc2cccnc2)CCNC1. The maximum absolute atomic E-state index is 12.4. The molecule has 1 amide bonds. The molecule has 1 atom stereocenters. The van der Waals surface area contributed by atoms with Gasteiger partial charge in [0.1, 0.15) is 0 Å². The van der Waals surface area contributed by atoms with E-state index in [-0.39, 0.29) is 11.3 Å². The zero-order chi connectivity index (χ0) is 13.0. The Balaban J connectivity index is 1.98. The van der Waals surface area contributed by atoms with Crippen LogP contribution in [0.3, 0.4) is 0 Å². The van der Waals surface area contributed by atoms with Crippen molar-refractivity contribution in [2.24, 2.45) is 11.3 Å². The number of nitrogens with one attached hydrogen (secondary N) is 2. The lowest BCUT2D eigenvalue weighted by atomic mass is 9.75. The highest BCUT2D eigenvalue weighted by Crippen LogP contribution is 2.34.